The first-order chi connectivity index (χ1) is 4.31. The fraction of sp³-hybridized carbons (Fsp3) is 0.625. The predicted molar refractivity (Wildman–Crippen MR) is 39.9 cm³/mol. The summed E-state index contributed by atoms with van der Waals surface area (Å²) in [6.45, 7) is 8.48. The van der Waals surface area contributed by atoms with Crippen molar-refractivity contribution in [3.05, 3.63) is 19.3 Å². The van der Waals surface area contributed by atoms with Crippen LogP contribution in [-0.2, 0) is 4.74 Å². The molecule has 1 radical (unpaired) electrons. The van der Waals surface area contributed by atoms with Gasteiger partial charge < -0.3 is 4.74 Å². The second-order valence-electron chi connectivity index (χ2n) is 2.14. The zero-order valence-electron chi connectivity index (χ0n) is 6.26. The minimum Gasteiger partial charge on any atom is -0.502 e. The average Bonchev–Trinajstić information content (AvgIpc) is 1.89. The molecule has 0 aliphatic heterocycles. The Bertz CT molecular complexity index is 69.0. The van der Waals surface area contributed by atoms with E-state index in [1.54, 1.807) is 0 Å². The van der Waals surface area contributed by atoms with Crippen molar-refractivity contribution in [1.82, 2.24) is 0 Å². The summed E-state index contributed by atoms with van der Waals surface area (Å²) in [5.41, 5.74) is 0. The lowest BCUT2D eigenvalue weighted by molar-refractivity contribution is 0.232. The van der Waals surface area contributed by atoms with Gasteiger partial charge in [-0.3, -0.25) is 0 Å². The summed E-state index contributed by atoms with van der Waals surface area (Å²) in [7, 11) is 0. The lowest BCUT2D eigenvalue weighted by Gasteiger charge is -2.05. The molecule has 0 aromatic rings. The highest BCUT2D eigenvalue weighted by molar-refractivity contribution is 4.65. The Morgan fingerprint density at radius 2 is 2.33 bits per heavy atom. The Morgan fingerprint density at radius 3 is 2.78 bits per heavy atom. The van der Waals surface area contributed by atoms with Crippen LogP contribution in [0, 0.1) is 12.3 Å². The maximum Gasteiger partial charge on any atom is 0.0875 e. The third-order valence-corrected chi connectivity index (χ3v) is 1.38. The van der Waals surface area contributed by atoms with Gasteiger partial charge in [-0.05, 0) is 18.8 Å². The summed E-state index contributed by atoms with van der Waals surface area (Å²) in [4.78, 5) is 0. The van der Waals surface area contributed by atoms with Crippen molar-refractivity contribution in [3.8, 4) is 0 Å². The molecule has 1 atom stereocenters. The Kier molecular flexibility index (Phi) is 5.38. The first-order valence-electron chi connectivity index (χ1n) is 3.33. The minimum absolute atomic E-state index is 0.657. The van der Waals surface area contributed by atoms with Gasteiger partial charge in [-0.2, -0.15) is 0 Å². The van der Waals surface area contributed by atoms with Crippen LogP contribution in [0.4, 0.5) is 0 Å². The molecule has 0 spiro atoms. The lowest BCUT2D eigenvalue weighted by atomic mass is 10.1. The molecule has 1 unspecified atom stereocenters. The zero-order chi connectivity index (χ0) is 7.11. The van der Waals surface area contributed by atoms with Crippen molar-refractivity contribution in [2.75, 3.05) is 6.61 Å². The maximum atomic E-state index is 4.95. The number of ether oxygens (including phenoxy) is 1. The molecular formula is C8H15O. The summed E-state index contributed by atoms with van der Waals surface area (Å²) in [5.74, 6) is 0.657. The van der Waals surface area contributed by atoms with Crippen LogP contribution in [0.5, 0.6) is 0 Å². The van der Waals surface area contributed by atoms with Crippen molar-refractivity contribution >= 4 is 0 Å². The van der Waals surface area contributed by atoms with Gasteiger partial charge in [-0.25, -0.2) is 0 Å². The van der Waals surface area contributed by atoms with E-state index in [-0.39, 0.29) is 0 Å². The molecule has 1 nitrogen and oxygen atoms in total. The molecule has 0 aromatic heterocycles. The molecule has 0 bridgehead atoms. The van der Waals surface area contributed by atoms with Crippen LogP contribution >= 0.6 is 0 Å². The van der Waals surface area contributed by atoms with Gasteiger partial charge in [0.15, 0.2) is 0 Å². The molecule has 0 N–H and O–H groups in total. The third-order valence-electron chi connectivity index (χ3n) is 1.38. The van der Waals surface area contributed by atoms with Gasteiger partial charge in [0, 0.05) is 0 Å². The van der Waals surface area contributed by atoms with Crippen molar-refractivity contribution in [2.24, 2.45) is 5.92 Å². The van der Waals surface area contributed by atoms with Crippen LogP contribution in [-0.4, -0.2) is 6.61 Å². The predicted octanol–water partition coefficient (Wildman–Crippen LogP) is 2.40. The average molecular weight is 127 g/mol. The Balaban J connectivity index is 2.96. The molecule has 0 fully saturated rings. The number of rotatable bonds is 5. The molecule has 1 heteroatoms. The SMILES string of the molecule is C=COCCC(C)[CH]C. The van der Waals surface area contributed by atoms with E-state index in [2.05, 4.69) is 26.8 Å². The van der Waals surface area contributed by atoms with Gasteiger partial charge in [0.2, 0.25) is 0 Å². The van der Waals surface area contributed by atoms with Crippen molar-refractivity contribution in [1.29, 1.82) is 0 Å². The van der Waals surface area contributed by atoms with Crippen molar-refractivity contribution in [2.45, 2.75) is 20.3 Å². The highest BCUT2D eigenvalue weighted by atomic mass is 16.5. The van der Waals surface area contributed by atoms with Gasteiger partial charge in [0.05, 0.1) is 12.9 Å². The Morgan fingerprint density at radius 1 is 1.67 bits per heavy atom. The van der Waals surface area contributed by atoms with Crippen LogP contribution in [0.3, 0.4) is 0 Å². The van der Waals surface area contributed by atoms with E-state index in [0.717, 1.165) is 13.0 Å². The molecule has 0 aromatic carbocycles. The zero-order valence-corrected chi connectivity index (χ0v) is 6.26. The molecule has 9 heavy (non-hydrogen) atoms. The molecule has 0 saturated heterocycles. The number of hydrogen-bond donors (Lipinski definition) is 0. The van der Waals surface area contributed by atoms with Crippen LogP contribution in [0.25, 0.3) is 0 Å². The van der Waals surface area contributed by atoms with Gasteiger partial charge in [0.25, 0.3) is 0 Å². The van der Waals surface area contributed by atoms with Gasteiger partial charge in [0.1, 0.15) is 0 Å². The van der Waals surface area contributed by atoms with Crippen LogP contribution in [0.15, 0.2) is 12.8 Å². The van der Waals surface area contributed by atoms with E-state index in [0.29, 0.717) is 5.92 Å². The summed E-state index contributed by atoms with van der Waals surface area (Å²) >= 11 is 0. The monoisotopic (exact) mass is 127 g/mol. The van der Waals surface area contributed by atoms with Gasteiger partial charge in [-0.15, -0.1) is 0 Å². The van der Waals surface area contributed by atoms with Crippen molar-refractivity contribution < 1.29 is 4.74 Å². The molecule has 0 rings (SSSR count). The summed E-state index contributed by atoms with van der Waals surface area (Å²) in [6.07, 6.45) is 4.75. The first-order valence-corrected chi connectivity index (χ1v) is 3.33. The van der Waals surface area contributed by atoms with Crippen LogP contribution in [0.1, 0.15) is 20.3 Å². The van der Waals surface area contributed by atoms with E-state index in [1.165, 1.54) is 6.26 Å². The fourth-order valence-corrected chi connectivity index (χ4v) is 0.504. The largest absolute Gasteiger partial charge is 0.502 e. The molecule has 0 amide bonds. The summed E-state index contributed by atoms with van der Waals surface area (Å²) in [6, 6.07) is 0. The molecule has 53 valence electrons. The van der Waals surface area contributed by atoms with E-state index >= 15 is 0 Å². The molecule has 0 heterocycles. The standard InChI is InChI=1S/C8H15O/c1-4-8(3)6-7-9-5-2/h4-5,8H,2,6-7H2,1,3H3. The second-order valence-corrected chi connectivity index (χ2v) is 2.14. The maximum absolute atomic E-state index is 4.95. The minimum atomic E-state index is 0.657. The highest BCUT2D eigenvalue weighted by Crippen LogP contribution is 2.04. The van der Waals surface area contributed by atoms with Crippen LogP contribution < -0.4 is 0 Å². The topological polar surface area (TPSA) is 9.23 Å². The summed E-state index contributed by atoms with van der Waals surface area (Å²) < 4.78 is 4.95. The lowest BCUT2D eigenvalue weighted by Crippen LogP contribution is -1.97. The molecule has 0 aliphatic carbocycles. The van der Waals surface area contributed by atoms with Crippen LogP contribution in [0.2, 0.25) is 0 Å². The summed E-state index contributed by atoms with van der Waals surface area (Å²) in [5, 5.41) is 0. The smallest absolute Gasteiger partial charge is 0.0875 e. The van der Waals surface area contributed by atoms with E-state index in [1.807, 2.05) is 0 Å². The molecular weight excluding hydrogens is 112 g/mol. The van der Waals surface area contributed by atoms with E-state index < -0.39 is 0 Å². The quantitative estimate of drug-likeness (QED) is 0.407. The first kappa shape index (κ1) is 8.54. The molecule has 0 aliphatic rings. The van der Waals surface area contributed by atoms with Gasteiger partial charge >= 0.3 is 0 Å². The third kappa shape index (κ3) is 5.41. The normalized spacial score (nSPS) is 12.7. The fourth-order valence-electron chi connectivity index (χ4n) is 0.504. The van der Waals surface area contributed by atoms with Gasteiger partial charge in [-0.1, -0.05) is 20.4 Å². The number of hydrogen-bond acceptors (Lipinski definition) is 1. The Labute approximate surface area is 57.7 Å². The Hall–Kier alpha value is -0.460. The van der Waals surface area contributed by atoms with E-state index in [9.17, 15) is 0 Å². The molecule has 0 saturated carbocycles. The highest BCUT2D eigenvalue weighted by Gasteiger charge is 1.96. The van der Waals surface area contributed by atoms with E-state index in [4.69, 9.17) is 4.74 Å². The second kappa shape index (κ2) is 5.67. The van der Waals surface area contributed by atoms with Crippen molar-refractivity contribution in [3.63, 3.8) is 0 Å².